The molecular weight excluding hydrogens is 153 g/mol. The van der Waals surface area contributed by atoms with Crippen LogP contribution in [0.4, 0.5) is 0 Å². The smallest absolute Gasteiger partial charge is 0.424 e. The Labute approximate surface area is 71.5 Å². The Hall–Kier alpha value is -1.13. The molecular formula is C8H10BNO2. The van der Waals surface area contributed by atoms with Gasteiger partial charge in [0.15, 0.2) is 0 Å². The summed E-state index contributed by atoms with van der Waals surface area (Å²) >= 11 is 0. The van der Waals surface area contributed by atoms with E-state index in [1.807, 2.05) is 13.0 Å². The first-order valence-corrected chi connectivity index (χ1v) is 3.65. The third kappa shape index (κ3) is 2.86. The highest BCUT2D eigenvalue weighted by atomic mass is 16.4. The molecule has 2 N–H and O–H groups in total. The first kappa shape index (κ1) is 8.97. The van der Waals surface area contributed by atoms with Crippen LogP contribution in [0.25, 0.3) is 6.08 Å². The molecule has 1 aromatic heterocycles. The van der Waals surface area contributed by atoms with Crippen molar-refractivity contribution in [3.05, 3.63) is 35.6 Å². The average Bonchev–Trinajstić information content (AvgIpc) is 2.01. The highest BCUT2D eigenvalue weighted by Gasteiger charge is 1.97. The van der Waals surface area contributed by atoms with Gasteiger partial charge >= 0.3 is 7.12 Å². The van der Waals surface area contributed by atoms with Gasteiger partial charge in [0.25, 0.3) is 0 Å². The lowest BCUT2D eigenvalue weighted by Gasteiger charge is -1.94. The summed E-state index contributed by atoms with van der Waals surface area (Å²) in [6.45, 7) is 1.88. The van der Waals surface area contributed by atoms with Gasteiger partial charge in [-0.2, -0.15) is 0 Å². The van der Waals surface area contributed by atoms with Gasteiger partial charge in [0.05, 0.1) is 0 Å². The van der Waals surface area contributed by atoms with Crippen LogP contribution in [0.2, 0.25) is 0 Å². The van der Waals surface area contributed by atoms with Gasteiger partial charge in [-0.15, -0.1) is 0 Å². The van der Waals surface area contributed by atoms with Gasteiger partial charge in [0.2, 0.25) is 0 Å². The van der Waals surface area contributed by atoms with Crippen molar-refractivity contribution in [2.24, 2.45) is 0 Å². The normalized spacial score (nSPS) is 10.6. The van der Waals surface area contributed by atoms with Crippen molar-refractivity contribution in [2.45, 2.75) is 6.92 Å². The van der Waals surface area contributed by atoms with Crippen molar-refractivity contribution in [3.63, 3.8) is 0 Å². The van der Waals surface area contributed by atoms with E-state index in [1.54, 1.807) is 18.3 Å². The fourth-order valence-electron chi connectivity index (χ4n) is 0.868. The first-order valence-electron chi connectivity index (χ1n) is 3.65. The fraction of sp³-hybridized carbons (Fsp3) is 0.125. The largest absolute Gasteiger partial charge is 0.480 e. The lowest BCUT2D eigenvalue weighted by Crippen LogP contribution is -2.05. The molecule has 0 bridgehead atoms. The van der Waals surface area contributed by atoms with Crippen molar-refractivity contribution >= 4 is 13.2 Å². The molecule has 0 saturated carbocycles. The number of rotatable bonds is 2. The molecule has 0 saturated heterocycles. The number of nitrogens with zero attached hydrogens (tertiary/aromatic N) is 1. The van der Waals surface area contributed by atoms with E-state index in [0.29, 0.717) is 0 Å². The Balaban J connectivity index is 2.76. The van der Waals surface area contributed by atoms with Crippen molar-refractivity contribution in [2.75, 3.05) is 0 Å². The predicted molar refractivity (Wildman–Crippen MR) is 48.2 cm³/mol. The summed E-state index contributed by atoms with van der Waals surface area (Å²) in [5.41, 5.74) is 1.82. The monoisotopic (exact) mass is 163 g/mol. The number of hydrogen-bond donors (Lipinski definition) is 2. The van der Waals surface area contributed by atoms with E-state index >= 15 is 0 Å². The van der Waals surface area contributed by atoms with E-state index in [0.717, 1.165) is 11.3 Å². The van der Waals surface area contributed by atoms with Crippen LogP contribution in [0.1, 0.15) is 11.3 Å². The molecule has 0 unspecified atom stereocenters. The lowest BCUT2D eigenvalue weighted by atomic mass is 9.91. The summed E-state index contributed by atoms with van der Waals surface area (Å²) in [6.07, 6.45) is 3.32. The Morgan fingerprint density at radius 3 is 2.83 bits per heavy atom. The molecule has 62 valence electrons. The van der Waals surface area contributed by atoms with Crippen LogP contribution in [0.3, 0.4) is 0 Å². The van der Waals surface area contributed by atoms with E-state index in [9.17, 15) is 0 Å². The molecule has 0 fully saturated rings. The van der Waals surface area contributed by atoms with Crippen LogP contribution in [-0.4, -0.2) is 22.2 Å². The maximum absolute atomic E-state index is 8.54. The Kier molecular flexibility index (Phi) is 3.02. The van der Waals surface area contributed by atoms with Crippen molar-refractivity contribution < 1.29 is 10.0 Å². The SMILES string of the molecule is Cc1cc(/C=C/B(O)O)ccn1. The molecule has 4 heteroatoms. The molecule has 0 atom stereocenters. The first-order chi connectivity index (χ1) is 5.68. The summed E-state index contributed by atoms with van der Waals surface area (Å²) in [4.78, 5) is 4.01. The van der Waals surface area contributed by atoms with E-state index in [4.69, 9.17) is 10.0 Å². The van der Waals surface area contributed by atoms with Crippen LogP contribution in [-0.2, 0) is 0 Å². The molecule has 1 rings (SSSR count). The van der Waals surface area contributed by atoms with Gasteiger partial charge in [-0.05, 0) is 24.6 Å². The molecule has 0 aliphatic rings. The van der Waals surface area contributed by atoms with Crippen LogP contribution < -0.4 is 0 Å². The molecule has 3 nitrogen and oxygen atoms in total. The van der Waals surface area contributed by atoms with Gasteiger partial charge in [-0.3, -0.25) is 4.98 Å². The Morgan fingerprint density at radius 2 is 2.25 bits per heavy atom. The summed E-state index contributed by atoms with van der Waals surface area (Å²) in [5.74, 6) is 1.30. The fourth-order valence-corrected chi connectivity index (χ4v) is 0.868. The minimum atomic E-state index is -1.39. The van der Waals surface area contributed by atoms with Crippen LogP contribution in [0.15, 0.2) is 24.3 Å². The highest BCUT2D eigenvalue weighted by Crippen LogP contribution is 2.02. The standard InChI is InChI=1S/C8H10BNO2/c1-7-6-8(3-5-10-7)2-4-9(11)12/h2-6,11-12H,1H3/b4-2+. The van der Waals surface area contributed by atoms with E-state index in [-0.39, 0.29) is 0 Å². The summed E-state index contributed by atoms with van der Waals surface area (Å²) < 4.78 is 0. The third-order valence-electron chi connectivity index (χ3n) is 1.38. The second-order valence-corrected chi connectivity index (χ2v) is 2.50. The summed E-state index contributed by atoms with van der Waals surface area (Å²) in [7, 11) is -1.39. The van der Waals surface area contributed by atoms with E-state index in [1.165, 1.54) is 5.98 Å². The average molecular weight is 163 g/mol. The number of aryl methyl sites for hydroxylation is 1. The van der Waals surface area contributed by atoms with Crippen molar-refractivity contribution in [3.8, 4) is 0 Å². The van der Waals surface area contributed by atoms with Crippen LogP contribution in [0.5, 0.6) is 0 Å². The van der Waals surface area contributed by atoms with Crippen LogP contribution in [0, 0.1) is 6.92 Å². The molecule has 0 aliphatic carbocycles. The van der Waals surface area contributed by atoms with Gasteiger partial charge in [0, 0.05) is 11.9 Å². The zero-order valence-electron chi connectivity index (χ0n) is 6.81. The lowest BCUT2D eigenvalue weighted by molar-refractivity contribution is 0.424. The highest BCUT2D eigenvalue weighted by molar-refractivity contribution is 6.48. The molecule has 0 spiro atoms. The number of pyridine rings is 1. The van der Waals surface area contributed by atoms with E-state index < -0.39 is 7.12 Å². The predicted octanol–water partition coefficient (Wildman–Crippen LogP) is 0.415. The topological polar surface area (TPSA) is 53.4 Å². The number of aromatic nitrogens is 1. The van der Waals surface area contributed by atoms with Gasteiger partial charge < -0.3 is 10.0 Å². The van der Waals surface area contributed by atoms with E-state index in [2.05, 4.69) is 4.98 Å². The molecule has 0 aliphatic heterocycles. The second kappa shape index (κ2) is 4.04. The summed E-state index contributed by atoms with van der Waals surface area (Å²) in [6, 6.07) is 3.66. The molecule has 0 amide bonds. The minimum absolute atomic E-state index is 0.907. The number of hydrogen-bond acceptors (Lipinski definition) is 3. The molecule has 1 heterocycles. The maximum atomic E-state index is 8.54. The maximum Gasteiger partial charge on any atom is 0.480 e. The molecule has 0 radical (unpaired) electrons. The zero-order valence-corrected chi connectivity index (χ0v) is 6.81. The van der Waals surface area contributed by atoms with Gasteiger partial charge in [-0.1, -0.05) is 12.1 Å². The van der Waals surface area contributed by atoms with Gasteiger partial charge in [-0.25, -0.2) is 0 Å². The second-order valence-electron chi connectivity index (χ2n) is 2.50. The summed E-state index contributed by atoms with van der Waals surface area (Å²) in [5, 5.41) is 17.1. The Morgan fingerprint density at radius 1 is 1.50 bits per heavy atom. The van der Waals surface area contributed by atoms with Crippen molar-refractivity contribution in [1.82, 2.24) is 4.98 Å². The van der Waals surface area contributed by atoms with Gasteiger partial charge in [0.1, 0.15) is 0 Å². The van der Waals surface area contributed by atoms with Crippen LogP contribution >= 0.6 is 0 Å². The minimum Gasteiger partial charge on any atom is -0.424 e. The molecule has 12 heavy (non-hydrogen) atoms. The Bertz CT molecular complexity index is 286. The third-order valence-corrected chi connectivity index (χ3v) is 1.38. The molecule has 0 aromatic carbocycles. The van der Waals surface area contributed by atoms with Crippen molar-refractivity contribution in [1.29, 1.82) is 0 Å². The zero-order chi connectivity index (χ0) is 8.97. The molecule has 1 aromatic rings. The quantitative estimate of drug-likeness (QED) is 0.621.